The maximum absolute atomic E-state index is 6.52. The first-order chi connectivity index (χ1) is 23.8. The third kappa shape index (κ3) is 4.24. The first kappa shape index (κ1) is 26.9. The normalized spacial score (nSPS) is 11.8. The topological polar surface area (TPSA) is 64.7 Å². The van der Waals surface area contributed by atoms with Crippen LogP contribution in [0.2, 0.25) is 0 Å². The molecular formula is C42H24N4OS. The van der Waals surface area contributed by atoms with Crippen LogP contribution >= 0.6 is 11.3 Å². The molecule has 10 rings (SSSR count). The van der Waals surface area contributed by atoms with Gasteiger partial charge in [-0.1, -0.05) is 115 Å². The third-order valence-electron chi connectivity index (χ3n) is 8.94. The minimum absolute atomic E-state index is 0.622. The lowest BCUT2D eigenvalue weighted by Gasteiger charge is -2.13. The molecule has 0 aliphatic rings. The average molecular weight is 633 g/mol. The Morgan fingerprint density at radius 2 is 1.06 bits per heavy atom. The maximum Gasteiger partial charge on any atom is 0.227 e. The van der Waals surface area contributed by atoms with E-state index in [1.165, 1.54) is 5.39 Å². The van der Waals surface area contributed by atoms with E-state index in [1.54, 1.807) is 11.3 Å². The predicted octanol–water partition coefficient (Wildman–Crippen LogP) is 11.4. The van der Waals surface area contributed by atoms with Crippen LogP contribution in [0.5, 0.6) is 0 Å². The molecular weight excluding hydrogens is 609 g/mol. The molecule has 0 radical (unpaired) electrons. The molecule has 0 atom stereocenters. The molecule has 0 unspecified atom stereocenters. The highest BCUT2D eigenvalue weighted by Gasteiger charge is 2.21. The summed E-state index contributed by atoms with van der Waals surface area (Å²) < 4.78 is 8.83. The zero-order valence-electron chi connectivity index (χ0n) is 25.5. The molecule has 3 aromatic heterocycles. The molecule has 0 amide bonds. The quantitative estimate of drug-likeness (QED) is 0.181. The number of thiophene rings is 1. The molecule has 0 fully saturated rings. The van der Waals surface area contributed by atoms with Crippen molar-refractivity contribution < 1.29 is 4.42 Å². The Balaban J connectivity index is 1.31. The summed E-state index contributed by atoms with van der Waals surface area (Å²) in [6, 6.07) is 49.8. The van der Waals surface area contributed by atoms with Gasteiger partial charge < -0.3 is 4.42 Å². The summed E-state index contributed by atoms with van der Waals surface area (Å²) in [7, 11) is 0. The van der Waals surface area contributed by atoms with Gasteiger partial charge in [0.2, 0.25) is 5.89 Å². The number of benzene rings is 7. The highest BCUT2D eigenvalue weighted by molar-refractivity contribution is 7.27. The molecule has 10 aromatic rings. The van der Waals surface area contributed by atoms with Gasteiger partial charge >= 0.3 is 0 Å². The molecule has 0 aliphatic carbocycles. The van der Waals surface area contributed by atoms with Crippen LogP contribution in [0.1, 0.15) is 0 Å². The maximum atomic E-state index is 6.52. The lowest BCUT2D eigenvalue weighted by molar-refractivity contribution is 0.623. The van der Waals surface area contributed by atoms with Crippen molar-refractivity contribution in [2.24, 2.45) is 0 Å². The van der Waals surface area contributed by atoms with E-state index in [0.717, 1.165) is 69.7 Å². The number of aromatic nitrogens is 4. The molecule has 224 valence electrons. The molecule has 0 saturated heterocycles. The fourth-order valence-electron chi connectivity index (χ4n) is 6.71. The molecule has 0 bridgehead atoms. The Labute approximate surface area is 278 Å². The van der Waals surface area contributed by atoms with Gasteiger partial charge in [-0.2, -0.15) is 0 Å². The summed E-state index contributed by atoms with van der Waals surface area (Å²) in [4.78, 5) is 20.2. The van der Waals surface area contributed by atoms with Gasteiger partial charge in [0.15, 0.2) is 23.1 Å². The van der Waals surface area contributed by atoms with Crippen molar-refractivity contribution in [3.05, 3.63) is 146 Å². The van der Waals surface area contributed by atoms with E-state index >= 15 is 0 Å². The van der Waals surface area contributed by atoms with Crippen LogP contribution < -0.4 is 0 Å². The van der Waals surface area contributed by atoms with Gasteiger partial charge in [-0.3, -0.25) is 0 Å². The predicted molar refractivity (Wildman–Crippen MR) is 197 cm³/mol. The van der Waals surface area contributed by atoms with Crippen LogP contribution in [0.4, 0.5) is 0 Å². The van der Waals surface area contributed by atoms with E-state index in [-0.39, 0.29) is 0 Å². The highest BCUT2D eigenvalue weighted by atomic mass is 32.1. The summed E-state index contributed by atoms with van der Waals surface area (Å²) in [6.45, 7) is 0. The van der Waals surface area contributed by atoms with Gasteiger partial charge in [0.05, 0.1) is 0 Å². The summed E-state index contributed by atoms with van der Waals surface area (Å²) in [5, 5.41) is 6.80. The first-order valence-corrected chi connectivity index (χ1v) is 16.6. The molecule has 0 N–H and O–H groups in total. The van der Waals surface area contributed by atoms with Crippen LogP contribution in [0.3, 0.4) is 0 Å². The van der Waals surface area contributed by atoms with Crippen LogP contribution in [0.25, 0.3) is 98.4 Å². The number of hydrogen-bond acceptors (Lipinski definition) is 6. The van der Waals surface area contributed by atoms with E-state index < -0.39 is 0 Å². The molecule has 3 heterocycles. The average Bonchev–Trinajstić information content (AvgIpc) is 3.77. The van der Waals surface area contributed by atoms with Crippen molar-refractivity contribution in [2.75, 3.05) is 0 Å². The van der Waals surface area contributed by atoms with Gasteiger partial charge in [0, 0.05) is 47.8 Å². The zero-order chi connectivity index (χ0) is 31.6. The van der Waals surface area contributed by atoms with Crippen LogP contribution in [0.15, 0.2) is 150 Å². The third-order valence-corrected chi connectivity index (χ3v) is 10.1. The SMILES string of the molecule is c1ccc(-c2nc(-c3ccccc3)nc(-c3cc4ccccc4c4ccc5c(sc6ccc7nc(-c8ccccc8)oc7c65)c34)n2)cc1. The number of hydrogen-bond donors (Lipinski definition) is 0. The second kappa shape index (κ2) is 10.7. The molecule has 6 heteroatoms. The van der Waals surface area contributed by atoms with E-state index in [4.69, 9.17) is 24.4 Å². The molecule has 48 heavy (non-hydrogen) atoms. The van der Waals surface area contributed by atoms with Gasteiger partial charge in [0.25, 0.3) is 0 Å². The molecule has 7 aromatic carbocycles. The van der Waals surface area contributed by atoms with Crippen LogP contribution in [0, 0.1) is 0 Å². The molecule has 0 aliphatic heterocycles. The molecule has 5 nitrogen and oxygen atoms in total. The van der Waals surface area contributed by atoms with E-state index in [1.807, 2.05) is 91.0 Å². The van der Waals surface area contributed by atoms with Crippen LogP contribution in [-0.2, 0) is 0 Å². The summed E-state index contributed by atoms with van der Waals surface area (Å²) in [6.07, 6.45) is 0. The molecule has 0 saturated carbocycles. The summed E-state index contributed by atoms with van der Waals surface area (Å²) in [5.41, 5.74) is 5.46. The Hall–Kier alpha value is -6.24. The Bertz CT molecular complexity index is 2770. The van der Waals surface area contributed by atoms with Crippen LogP contribution in [-0.4, -0.2) is 19.9 Å². The second-order valence-corrected chi connectivity index (χ2v) is 12.9. The van der Waals surface area contributed by atoms with Gasteiger partial charge in [-0.05, 0) is 46.5 Å². The minimum atomic E-state index is 0.622. The highest BCUT2D eigenvalue weighted by Crippen LogP contribution is 2.46. The second-order valence-electron chi connectivity index (χ2n) is 11.8. The van der Waals surface area contributed by atoms with Crippen molar-refractivity contribution in [3.63, 3.8) is 0 Å². The first-order valence-electron chi connectivity index (χ1n) is 15.8. The van der Waals surface area contributed by atoms with Crippen molar-refractivity contribution in [1.29, 1.82) is 0 Å². The zero-order valence-corrected chi connectivity index (χ0v) is 26.3. The minimum Gasteiger partial charge on any atom is -0.435 e. The van der Waals surface area contributed by atoms with Gasteiger partial charge in [-0.15, -0.1) is 11.3 Å². The fraction of sp³-hybridized carbons (Fsp3) is 0. The van der Waals surface area contributed by atoms with E-state index in [0.29, 0.717) is 23.4 Å². The Morgan fingerprint density at radius 3 is 1.77 bits per heavy atom. The number of rotatable bonds is 4. The smallest absolute Gasteiger partial charge is 0.227 e. The summed E-state index contributed by atoms with van der Waals surface area (Å²) >= 11 is 1.77. The van der Waals surface area contributed by atoms with Crippen molar-refractivity contribution in [1.82, 2.24) is 19.9 Å². The number of fused-ring (bicyclic) bond motifs is 9. The van der Waals surface area contributed by atoms with E-state index in [9.17, 15) is 0 Å². The fourth-order valence-corrected chi connectivity index (χ4v) is 7.97. The monoisotopic (exact) mass is 632 g/mol. The largest absolute Gasteiger partial charge is 0.435 e. The van der Waals surface area contributed by atoms with E-state index in [2.05, 4.69) is 54.6 Å². The summed E-state index contributed by atoms with van der Waals surface area (Å²) in [5.74, 6) is 2.54. The van der Waals surface area contributed by atoms with Crippen molar-refractivity contribution in [2.45, 2.75) is 0 Å². The van der Waals surface area contributed by atoms with Crippen molar-refractivity contribution in [3.8, 4) is 45.6 Å². The lowest BCUT2D eigenvalue weighted by Crippen LogP contribution is -2.00. The lowest BCUT2D eigenvalue weighted by atomic mass is 9.95. The van der Waals surface area contributed by atoms with Gasteiger partial charge in [-0.25, -0.2) is 19.9 Å². The number of nitrogens with zero attached hydrogens (tertiary/aromatic N) is 4. The number of oxazole rings is 1. The standard InChI is InChI=1S/C42H24N4OS/c1-4-12-25(13-5-1)39-44-40(26-14-6-2-7-15-26)46-41(45-39)32-24-28-18-10-11-19-29(28)30-20-21-31-36-34(48-38(31)35(30)32)23-22-33-37(36)47-42(43-33)27-16-8-3-9-17-27/h1-24H. The Morgan fingerprint density at radius 1 is 0.458 bits per heavy atom. The van der Waals surface area contributed by atoms with Gasteiger partial charge in [0.1, 0.15) is 5.52 Å². The van der Waals surface area contributed by atoms with Crippen molar-refractivity contribution >= 4 is 64.2 Å². The Kier molecular flexibility index (Phi) is 5.98. The molecule has 0 spiro atoms.